The predicted octanol–water partition coefficient (Wildman–Crippen LogP) is 8.51. The summed E-state index contributed by atoms with van der Waals surface area (Å²) in [5.74, 6) is 5.87. The molecule has 0 spiro atoms. The molecule has 0 atom stereocenters. The van der Waals surface area contributed by atoms with Gasteiger partial charge < -0.3 is 0 Å². The number of fused-ring (bicyclic) bond motifs is 1. The molecule has 0 heterocycles. The van der Waals surface area contributed by atoms with Gasteiger partial charge >= 0.3 is 0 Å². The minimum Gasteiger partial charge on any atom is -0.205 e. The molecule has 0 N–H and O–H groups in total. The summed E-state index contributed by atoms with van der Waals surface area (Å²) >= 11 is 0. The fraction of sp³-hybridized carbons (Fsp3) is 0.188. The molecule has 4 rings (SSSR count). The quantitative estimate of drug-likeness (QED) is 0.212. The Kier molecular flexibility index (Phi) is 7.38. The molecule has 0 amide bonds. The van der Waals surface area contributed by atoms with Gasteiger partial charge in [-0.3, -0.25) is 0 Å². The highest BCUT2D eigenvalue weighted by molar-refractivity contribution is 5.89. The lowest BCUT2D eigenvalue weighted by Crippen LogP contribution is -1.89. The third-order valence-electron chi connectivity index (χ3n) is 5.91. The van der Waals surface area contributed by atoms with E-state index in [2.05, 4.69) is 73.4 Å². The van der Waals surface area contributed by atoms with E-state index < -0.39 is 0 Å². The van der Waals surface area contributed by atoms with Crippen LogP contribution in [0.5, 0.6) is 0 Å². The maximum atomic E-state index is 15.2. The van der Waals surface area contributed by atoms with E-state index in [1.807, 2.05) is 37.3 Å². The standard InChI is InChI=1S/C32H29F/c1-3-5-6-8-25-9-11-26(12-10-25)15-18-28-19-20-30-23-29(21-22-31(30)32(28)33)27-16-13-24(7-4-2)14-17-27/h3,5,9-14,16-17,19-23H,4,6-8H2,1-2H3/b5-3+. The van der Waals surface area contributed by atoms with E-state index >= 15 is 4.39 Å². The molecule has 33 heavy (non-hydrogen) atoms. The maximum absolute atomic E-state index is 15.2. The van der Waals surface area contributed by atoms with Crippen LogP contribution in [-0.2, 0) is 12.8 Å². The molecule has 0 fully saturated rings. The zero-order valence-electron chi connectivity index (χ0n) is 19.4. The van der Waals surface area contributed by atoms with Gasteiger partial charge in [-0.1, -0.05) is 91.9 Å². The molecule has 0 aliphatic carbocycles. The van der Waals surface area contributed by atoms with Crippen LogP contribution < -0.4 is 0 Å². The zero-order valence-corrected chi connectivity index (χ0v) is 19.4. The largest absolute Gasteiger partial charge is 0.205 e. The van der Waals surface area contributed by atoms with Crippen LogP contribution in [0.1, 0.15) is 48.9 Å². The van der Waals surface area contributed by atoms with Gasteiger partial charge in [0.05, 0.1) is 5.56 Å². The van der Waals surface area contributed by atoms with Crippen LogP contribution in [0.2, 0.25) is 0 Å². The van der Waals surface area contributed by atoms with Crippen LogP contribution in [0.25, 0.3) is 21.9 Å². The van der Waals surface area contributed by atoms with Crippen molar-refractivity contribution in [3.8, 4) is 23.0 Å². The van der Waals surface area contributed by atoms with E-state index in [0.717, 1.165) is 47.8 Å². The predicted molar refractivity (Wildman–Crippen MR) is 139 cm³/mol. The van der Waals surface area contributed by atoms with E-state index in [9.17, 15) is 0 Å². The van der Waals surface area contributed by atoms with Crippen molar-refractivity contribution in [2.45, 2.75) is 39.5 Å². The van der Waals surface area contributed by atoms with Crippen molar-refractivity contribution >= 4 is 10.8 Å². The van der Waals surface area contributed by atoms with E-state index in [0.29, 0.717) is 10.9 Å². The third kappa shape index (κ3) is 5.60. The van der Waals surface area contributed by atoms with Crippen molar-refractivity contribution in [1.82, 2.24) is 0 Å². The number of hydrogen-bond donors (Lipinski definition) is 0. The van der Waals surface area contributed by atoms with Gasteiger partial charge in [0, 0.05) is 10.9 Å². The fourth-order valence-electron chi connectivity index (χ4n) is 4.03. The Morgan fingerprint density at radius 2 is 1.45 bits per heavy atom. The van der Waals surface area contributed by atoms with Gasteiger partial charge in [0.2, 0.25) is 0 Å². The topological polar surface area (TPSA) is 0 Å². The Labute approximate surface area is 196 Å². The van der Waals surface area contributed by atoms with Crippen LogP contribution in [0, 0.1) is 17.7 Å². The molecular formula is C32H29F. The summed E-state index contributed by atoms with van der Waals surface area (Å²) in [6, 6.07) is 26.5. The molecule has 0 aliphatic heterocycles. The van der Waals surface area contributed by atoms with Gasteiger partial charge in [0.25, 0.3) is 0 Å². The highest BCUT2D eigenvalue weighted by atomic mass is 19.1. The summed E-state index contributed by atoms with van der Waals surface area (Å²) in [5.41, 5.74) is 6.20. The Bertz CT molecular complexity index is 1310. The normalized spacial score (nSPS) is 11.0. The molecular weight excluding hydrogens is 403 g/mol. The minimum atomic E-state index is -0.257. The molecule has 0 radical (unpaired) electrons. The minimum absolute atomic E-state index is 0.257. The van der Waals surface area contributed by atoms with Crippen LogP contribution >= 0.6 is 0 Å². The molecule has 0 aromatic heterocycles. The number of benzene rings is 4. The first kappa shape index (κ1) is 22.6. The molecule has 0 aliphatic rings. The zero-order chi connectivity index (χ0) is 23.0. The third-order valence-corrected chi connectivity index (χ3v) is 5.91. The van der Waals surface area contributed by atoms with Crippen molar-refractivity contribution in [3.63, 3.8) is 0 Å². The lowest BCUT2D eigenvalue weighted by atomic mass is 9.98. The van der Waals surface area contributed by atoms with Gasteiger partial charge in [-0.15, -0.1) is 0 Å². The molecule has 0 bridgehead atoms. The van der Waals surface area contributed by atoms with E-state index in [1.54, 1.807) is 6.07 Å². The lowest BCUT2D eigenvalue weighted by Gasteiger charge is -2.07. The highest BCUT2D eigenvalue weighted by Gasteiger charge is 2.07. The van der Waals surface area contributed by atoms with E-state index in [1.165, 1.54) is 11.1 Å². The second-order valence-corrected chi connectivity index (χ2v) is 8.36. The number of halogens is 1. The van der Waals surface area contributed by atoms with Crippen LogP contribution in [0.4, 0.5) is 4.39 Å². The molecule has 4 aromatic rings. The van der Waals surface area contributed by atoms with Gasteiger partial charge in [-0.2, -0.15) is 0 Å². The molecule has 4 aromatic carbocycles. The van der Waals surface area contributed by atoms with Crippen LogP contribution in [0.3, 0.4) is 0 Å². The number of hydrogen-bond acceptors (Lipinski definition) is 0. The SMILES string of the molecule is C/C=C/CCc1ccc(C#Cc2ccc3cc(-c4ccc(CCC)cc4)ccc3c2F)cc1. The summed E-state index contributed by atoms with van der Waals surface area (Å²) < 4.78 is 15.2. The van der Waals surface area contributed by atoms with Gasteiger partial charge in [0.1, 0.15) is 5.82 Å². The first-order valence-corrected chi connectivity index (χ1v) is 11.7. The fourth-order valence-corrected chi connectivity index (χ4v) is 4.03. The summed E-state index contributed by atoms with van der Waals surface area (Å²) in [6.45, 7) is 4.23. The molecule has 0 nitrogen and oxygen atoms in total. The van der Waals surface area contributed by atoms with Gasteiger partial charge in [0.15, 0.2) is 0 Å². The highest BCUT2D eigenvalue weighted by Crippen LogP contribution is 2.27. The summed E-state index contributed by atoms with van der Waals surface area (Å²) in [4.78, 5) is 0. The molecule has 0 saturated carbocycles. The van der Waals surface area contributed by atoms with Crippen molar-refractivity contribution < 1.29 is 4.39 Å². The number of rotatable bonds is 6. The van der Waals surface area contributed by atoms with Crippen LogP contribution in [0.15, 0.2) is 91.0 Å². The molecule has 0 saturated heterocycles. The second-order valence-electron chi connectivity index (χ2n) is 8.36. The Morgan fingerprint density at radius 3 is 2.18 bits per heavy atom. The monoisotopic (exact) mass is 432 g/mol. The summed E-state index contributed by atoms with van der Waals surface area (Å²) in [5, 5.41) is 1.49. The molecule has 0 unspecified atom stereocenters. The summed E-state index contributed by atoms with van der Waals surface area (Å²) in [7, 11) is 0. The Balaban J connectivity index is 1.54. The van der Waals surface area contributed by atoms with Gasteiger partial charge in [-0.05, 0) is 78.1 Å². The van der Waals surface area contributed by atoms with Crippen molar-refractivity contribution in [3.05, 3.63) is 119 Å². The van der Waals surface area contributed by atoms with E-state index in [-0.39, 0.29) is 5.82 Å². The summed E-state index contributed by atoms with van der Waals surface area (Å²) in [6.07, 6.45) is 8.53. The van der Waals surface area contributed by atoms with Crippen molar-refractivity contribution in [1.29, 1.82) is 0 Å². The maximum Gasteiger partial charge on any atom is 0.146 e. The number of aryl methyl sites for hydroxylation is 2. The smallest absolute Gasteiger partial charge is 0.146 e. The average Bonchev–Trinajstić information content (AvgIpc) is 2.85. The second kappa shape index (κ2) is 10.8. The molecule has 164 valence electrons. The van der Waals surface area contributed by atoms with Crippen molar-refractivity contribution in [2.24, 2.45) is 0 Å². The first-order chi connectivity index (χ1) is 16.2. The first-order valence-electron chi connectivity index (χ1n) is 11.7. The van der Waals surface area contributed by atoms with Crippen molar-refractivity contribution in [2.75, 3.05) is 0 Å². The Morgan fingerprint density at radius 1 is 0.758 bits per heavy atom. The Hall–Kier alpha value is -3.63. The lowest BCUT2D eigenvalue weighted by molar-refractivity contribution is 0.636. The van der Waals surface area contributed by atoms with Gasteiger partial charge in [-0.25, -0.2) is 4.39 Å². The average molecular weight is 433 g/mol. The van der Waals surface area contributed by atoms with Crippen LogP contribution in [-0.4, -0.2) is 0 Å². The number of allylic oxidation sites excluding steroid dienone is 2. The molecule has 1 heteroatoms. The van der Waals surface area contributed by atoms with E-state index in [4.69, 9.17) is 0 Å².